The van der Waals surface area contributed by atoms with Crippen molar-refractivity contribution in [1.82, 2.24) is 0 Å². The van der Waals surface area contributed by atoms with Gasteiger partial charge in [-0.2, -0.15) is 0 Å². The molecule has 0 aliphatic heterocycles. The molecule has 1 N–H and O–H groups in total. The van der Waals surface area contributed by atoms with Crippen molar-refractivity contribution < 1.29 is 19.7 Å². The van der Waals surface area contributed by atoms with Gasteiger partial charge in [-0.25, -0.2) is 5.26 Å². The summed E-state index contributed by atoms with van der Waals surface area (Å²) >= 11 is 0. The normalized spacial score (nSPS) is 10.2. The van der Waals surface area contributed by atoms with E-state index in [1.807, 2.05) is 39.0 Å². The summed E-state index contributed by atoms with van der Waals surface area (Å²) in [5.41, 5.74) is 1.68. The topological polar surface area (TPSA) is 55.8 Å². The molecule has 0 atom stereocenters. The third kappa shape index (κ3) is 6.45. The Morgan fingerprint density at radius 1 is 1.24 bits per heavy atom. The summed E-state index contributed by atoms with van der Waals surface area (Å²) in [6.45, 7) is 10.5. The minimum absolute atomic E-state index is 0.325. The fourth-order valence-corrected chi connectivity index (χ4v) is 1.81. The lowest BCUT2D eigenvalue weighted by molar-refractivity contribution is -0.138. The minimum atomic E-state index is 0.325. The van der Waals surface area contributed by atoms with E-state index in [9.17, 15) is 4.79 Å². The molecule has 0 fully saturated rings. The van der Waals surface area contributed by atoms with Crippen LogP contribution in [0, 0.1) is 5.92 Å². The first kappa shape index (κ1) is 19.2. The number of carbonyl (C=O) groups excluding carboxylic acids is 1. The van der Waals surface area contributed by atoms with Gasteiger partial charge in [0.25, 0.3) is 6.47 Å². The van der Waals surface area contributed by atoms with E-state index >= 15 is 0 Å². The lowest BCUT2D eigenvalue weighted by atomic mass is 9.99. The van der Waals surface area contributed by atoms with E-state index in [0.717, 1.165) is 24.0 Å². The smallest absolute Gasteiger partial charge is 0.298 e. The van der Waals surface area contributed by atoms with E-state index in [2.05, 4.69) is 18.7 Å². The summed E-state index contributed by atoms with van der Waals surface area (Å²) in [6.07, 6.45) is 5.48. The highest BCUT2D eigenvalue weighted by Crippen LogP contribution is 2.31. The van der Waals surface area contributed by atoms with Gasteiger partial charge in [0.05, 0.1) is 0 Å². The maximum Gasteiger partial charge on any atom is 0.298 e. The molecule has 1 aromatic rings. The highest BCUT2D eigenvalue weighted by atomic mass is 17.1. The molecule has 0 saturated carbocycles. The van der Waals surface area contributed by atoms with Crippen molar-refractivity contribution in [2.75, 3.05) is 0 Å². The van der Waals surface area contributed by atoms with Gasteiger partial charge < -0.3 is 9.62 Å². The van der Waals surface area contributed by atoms with Crippen LogP contribution in [0.1, 0.15) is 52.2 Å². The molecular formula is C17H26O4. The first-order valence-corrected chi connectivity index (χ1v) is 7.33. The Morgan fingerprint density at radius 2 is 1.90 bits per heavy atom. The van der Waals surface area contributed by atoms with Crippen molar-refractivity contribution in [2.45, 2.75) is 47.5 Å². The lowest BCUT2D eigenvalue weighted by Crippen LogP contribution is -2.00. The molecular weight excluding hydrogens is 268 g/mol. The first-order chi connectivity index (χ1) is 10.1. The molecule has 0 radical (unpaired) electrons. The molecule has 0 amide bonds. The summed E-state index contributed by atoms with van der Waals surface area (Å²) in [5, 5.41) is 8.94. The molecule has 4 nitrogen and oxygen atoms in total. The fraction of sp³-hybridized carbons (Fsp3) is 0.471. The van der Waals surface area contributed by atoms with Crippen molar-refractivity contribution in [3.63, 3.8) is 0 Å². The zero-order valence-electron chi connectivity index (χ0n) is 13.6. The Kier molecular flexibility index (Phi) is 9.98. The number of rotatable bonds is 7. The third-order valence-electron chi connectivity index (χ3n) is 2.80. The van der Waals surface area contributed by atoms with Gasteiger partial charge >= 0.3 is 0 Å². The summed E-state index contributed by atoms with van der Waals surface area (Å²) in [5.74, 6) is 1.25. The number of hydrogen-bond donors (Lipinski definition) is 1. The fourth-order valence-electron chi connectivity index (χ4n) is 1.81. The molecule has 1 rings (SSSR count). The van der Waals surface area contributed by atoms with E-state index in [0.29, 0.717) is 23.9 Å². The minimum Gasteiger partial charge on any atom is -0.428 e. The lowest BCUT2D eigenvalue weighted by Gasteiger charge is -2.12. The molecule has 0 aromatic heterocycles. The molecule has 0 aliphatic rings. The highest BCUT2D eigenvalue weighted by molar-refractivity contribution is 5.64. The van der Waals surface area contributed by atoms with Crippen molar-refractivity contribution in [3.05, 3.63) is 29.3 Å². The summed E-state index contributed by atoms with van der Waals surface area (Å²) in [6, 6.07) is 3.40. The zero-order valence-corrected chi connectivity index (χ0v) is 13.6. The van der Waals surface area contributed by atoms with Gasteiger partial charge in [-0.3, -0.25) is 4.79 Å². The second-order valence-corrected chi connectivity index (χ2v) is 4.74. The van der Waals surface area contributed by atoms with Gasteiger partial charge in [0, 0.05) is 11.6 Å². The van der Waals surface area contributed by atoms with Crippen LogP contribution in [0.25, 0.3) is 6.08 Å². The van der Waals surface area contributed by atoms with E-state index in [-0.39, 0.29) is 0 Å². The molecule has 118 valence electrons. The van der Waals surface area contributed by atoms with Crippen LogP contribution >= 0.6 is 0 Å². The third-order valence-corrected chi connectivity index (χ3v) is 2.80. The van der Waals surface area contributed by atoms with E-state index in [1.165, 1.54) is 6.07 Å². The van der Waals surface area contributed by atoms with Gasteiger partial charge in [0.2, 0.25) is 0 Å². The number of hydrogen-bond acceptors (Lipinski definition) is 4. The quantitative estimate of drug-likeness (QED) is 0.449. The Morgan fingerprint density at radius 3 is 2.38 bits per heavy atom. The van der Waals surface area contributed by atoms with Crippen LogP contribution in [0.2, 0.25) is 0 Å². The number of benzene rings is 1. The number of ether oxygens (including phenoxy) is 1. The maximum absolute atomic E-state index is 10.5. The summed E-state index contributed by atoms with van der Waals surface area (Å²) < 4.78 is 4.89. The van der Waals surface area contributed by atoms with Crippen LogP contribution in [0.15, 0.2) is 18.2 Å². The first-order valence-electron chi connectivity index (χ1n) is 7.33. The van der Waals surface area contributed by atoms with Crippen molar-refractivity contribution >= 4 is 12.5 Å². The average molecular weight is 294 g/mol. The van der Waals surface area contributed by atoms with Gasteiger partial charge in [-0.05, 0) is 37.3 Å². The Balaban J connectivity index is 0.00000191. The monoisotopic (exact) mass is 294 g/mol. The number of carbonyl (C=O) groups is 1. The number of allylic oxidation sites excluding steroid dienone is 1. The van der Waals surface area contributed by atoms with Crippen LogP contribution in [0.3, 0.4) is 0 Å². The summed E-state index contributed by atoms with van der Waals surface area (Å²) in [7, 11) is 0. The molecule has 0 bridgehead atoms. The molecule has 4 heteroatoms. The van der Waals surface area contributed by atoms with Crippen molar-refractivity contribution in [2.24, 2.45) is 5.92 Å². The van der Waals surface area contributed by atoms with Gasteiger partial charge in [0.1, 0.15) is 5.75 Å². The maximum atomic E-state index is 10.5. The molecule has 1 aromatic carbocycles. The van der Waals surface area contributed by atoms with E-state index < -0.39 is 0 Å². The van der Waals surface area contributed by atoms with Gasteiger partial charge in [-0.15, -0.1) is 0 Å². The predicted octanol–water partition coefficient (Wildman–Crippen LogP) is 4.72. The van der Waals surface area contributed by atoms with E-state index in [1.54, 1.807) is 0 Å². The van der Waals surface area contributed by atoms with Crippen LogP contribution in [0.5, 0.6) is 11.5 Å². The van der Waals surface area contributed by atoms with Gasteiger partial charge in [0.15, 0.2) is 5.75 Å². The predicted molar refractivity (Wildman–Crippen MR) is 85.6 cm³/mol. The second-order valence-electron chi connectivity index (χ2n) is 4.74. The van der Waals surface area contributed by atoms with Crippen LogP contribution in [-0.2, 0) is 11.2 Å². The zero-order chi connectivity index (χ0) is 16.3. The highest BCUT2D eigenvalue weighted by Gasteiger charge is 2.12. The Hall–Kier alpha value is -1.81. The second kappa shape index (κ2) is 10.9. The molecule has 0 saturated heterocycles. The SMILES string of the molecule is C/C=C\c1cc(CCC(C)C)c(OO)cc1OC=O.CC. The van der Waals surface area contributed by atoms with Crippen molar-refractivity contribution in [1.29, 1.82) is 0 Å². The average Bonchev–Trinajstić information content (AvgIpc) is 2.49. The standard InChI is InChI=1S/C15H20O4.C2H6/c1-4-5-12-8-13(7-6-11(2)3)15(19-17)9-14(12)18-10-16;1-2/h4-5,8-11,17H,6-7H2,1-3H3;1-2H3/b5-4-;. The molecule has 0 spiro atoms. The van der Waals surface area contributed by atoms with Crippen LogP contribution in [0.4, 0.5) is 0 Å². The van der Waals surface area contributed by atoms with Crippen molar-refractivity contribution in [3.8, 4) is 11.5 Å². The molecule has 0 aliphatic carbocycles. The van der Waals surface area contributed by atoms with Gasteiger partial charge in [-0.1, -0.05) is 39.8 Å². The molecule has 0 unspecified atom stereocenters. The molecule has 21 heavy (non-hydrogen) atoms. The number of aryl methyl sites for hydroxylation is 1. The molecule has 0 heterocycles. The van der Waals surface area contributed by atoms with Crippen LogP contribution in [-0.4, -0.2) is 11.7 Å². The van der Waals surface area contributed by atoms with E-state index in [4.69, 9.17) is 9.99 Å². The Bertz CT molecular complexity index is 450. The largest absolute Gasteiger partial charge is 0.428 e. The summed E-state index contributed by atoms with van der Waals surface area (Å²) in [4.78, 5) is 14.9. The Labute approximate surface area is 127 Å². The van der Waals surface area contributed by atoms with Crippen LogP contribution < -0.4 is 9.62 Å².